The lowest BCUT2D eigenvalue weighted by Crippen LogP contribution is -2.49. The van der Waals surface area contributed by atoms with E-state index in [1.165, 1.54) is 0 Å². The first-order valence-electron chi connectivity index (χ1n) is 8.80. The molecule has 1 saturated heterocycles. The summed E-state index contributed by atoms with van der Waals surface area (Å²) in [4.78, 5) is 28.0. The maximum absolute atomic E-state index is 12.0. The van der Waals surface area contributed by atoms with Crippen LogP contribution in [0.25, 0.3) is 0 Å². The summed E-state index contributed by atoms with van der Waals surface area (Å²) in [6.45, 7) is 7.74. The number of nitrogens with one attached hydrogen (secondary N) is 2. The maximum atomic E-state index is 12.0. The first kappa shape index (κ1) is 19.7. The summed E-state index contributed by atoms with van der Waals surface area (Å²) in [6.07, 6.45) is 0.473. The molecular weight excluding hydrogens is 340 g/mol. The van der Waals surface area contributed by atoms with Gasteiger partial charge >= 0.3 is 0 Å². The van der Waals surface area contributed by atoms with Crippen LogP contribution >= 0.6 is 11.6 Å². The zero-order chi connectivity index (χ0) is 18.1. The SMILES string of the molecule is CCNC(=O)CN1CCN(CCC(=O)NCc2ccccc2Cl)CC1. The number of piperazine rings is 1. The van der Waals surface area contributed by atoms with Crippen LogP contribution in [0.4, 0.5) is 0 Å². The van der Waals surface area contributed by atoms with Gasteiger partial charge in [-0.2, -0.15) is 0 Å². The molecule has 2 N–H and O–H groups in total. The molecule has 1 fully saturated rings. The summed E-state index contributed by atoms with van der Waals surface area (Å²) >= 11 is 6.08. The summed E-state index contributed by atoms with van der Waals surface area (Å²) in [5.74, 6) is 0.111. The van der Waals surface area contributed by atoms with Gasteiger partial charge in [0, 0.05) is 57.3 Å². The Morgan fingerprint density at radius 3 is 2.40 bits per heavy atom. The van der Waals surface area contributed by atoms with E-state index in [-0.39, 0.29) is 11.8 Å². The molecule has 0 bridgehead atoms. The standard InChI is InChI=1S/C18H27ClN4O2/c1-2-20-18(25)14-23-11-9-22(10-12-23)8-7-17(24)21-13-15-5-3-4-6-16(15)19/h3-6H,2,7-14H2,1H3,(H,20,25)(H,21,24). The molecule has 25 heavy (non-hydrogen) atoms. The van der Waals surface area contributed by atoms with Crippen molar-refractivity contribution in [1.82, 2.24) is 20.4 Å². The highest BCUT2D eigenvalue weighted by Crippen LogP contribution is 2.14. The highest BCUT2D eigenvalue weighted by Gasteiger charge is 2.19. The van der Waals surface area contributed by atoms with Gasteiger partial charge in [-0.1, -0.05) is 29.8 Å². The average Bonchev–Trinajstić information content (AvgIpc) is 2.60. The summed E-state index contributed by atoms with van der Waals surface area (Å²) in [6, 6.07) is 7.52. The smallest absolute Gasteiger partial charge is 0.234 e. The first-order chi connectivity index (χ1) is 12.1. The van der Waals surface area contributed by atoms with Gasteiger partial charge in [-0.25, -0.2) is 0 Å². The van der Waals surface area contributed by atoms with Gasteiger partial charge in [0.2, 0.25) is 11.8 Å². The van der Waals surface area contributed by atoms with Crippen molar-refractivity contribution in [1.29, 1.82) is 0 Å². The lowest BCUT2D eigenvalue weighted by Gasteiger charge is -2.34. The second-order valence-corrected chi connectivity index (χ2v) is 6.60. The van der Waals surface area contributed by atoms with Crippen LogP contribution in [0.3, 0.4) is 0 Å². The van der Waals surface area contributed by atoms with Crippen molar-refractivity contribution in [2.45, 2.75) is 19.9 Å². The molecule has 1 heterocycles. The number of rotatable bonds is 8. The van der Waals surface area contributed by atoms with Gasteiger partial charge in [-0.3, -0.25) is 14.5 Å². The van der Waals surface area contributed by atoms with Crippen LogP contribution in [-0.2, 0) is 16.1 Å². The van der Waals surface area contributed by atoms with E-state index in [9.17, 15) is 9.59 Å². The Bertz CT molecular complexity index is 574. The molecular formula is C18H27ClN4O2. The van der Waals surface area contributed by atoms with E-state index < -0.39 is 0 Å². The van der Waals surface area contributed by atoms with E-state index in [4.69, 9.17) is 11.6 Å². The molecule has 7 heteroatoms. The predicted molar refractivity (Wildman–Crippen MR) is 99.5 cm³/mol. The van der Waals surface area contributed by atoms with Crippen LogP contribution in [-0.4, -0.2) is 67.4 Å². The molecule has 0 unspecified atom stereocenters. The van der Waals surface area contributed by atoms with Gasteiger partial charge < -0.3 is 15.5 Å². The van der Waals surface area contributed by atoms with Crippen molar-refractivity contribution < 1.29 is 9.59 Å². The van der Waals surface area contributed by atoms with E-state index in [1.807, 2.05) is 31.2 Å². The van der Waals surface area contributed by atoms with Gasteiger partial charge in [0.05, 0.1) is 6.54 Å². The topological polar surface area (TPSA) is 64.7 Å². The highest BCUT2D eigenvalue weighted by atomic mass is 35.5. The lowest BCUT2D eigenvalue weighted by atomic mass is 10.2. The van der Waals surface area contributed by atoms with E-state index in [2.05, 4.69) is 20.4 Å². The minimum atomic E-state index is 0.0321. The number of likely N-dealkylation sites (N-methyl/N-ethyl adjacent to an activating group) is 1. The number of carbonyl (C=O) groups excluding carboxylic acids is 2. The Labute approximate surface area is 154 Å². The fourth-order valence-electron chi connectivity index (χ4n) is 2.81. The number of hydrogen-bond acceptors (Lipinski definition) is 4. The molecule has 0 radical (unpaired) electrons. The van der Waals surface area contributed by atoms with E-state index >= 15 is 0 Å². The second-order valence-electron chi connectivity index (χ2n) is 6.19. The van der Waals surface area contributed by atoms with Gasteiger partial charge in [0.1, 0.15) is 0 Å². The Morgan fingerprint density at radius 2 is 1.72 bits per heavy atom. The van der Waals surface area contributed by atoms with E-state index in [0.717, 1.165) is 38.3 Å². The number of benzene rings is 1. The Hall–Kier alpha value is -1.63. The minimum Gasteiger partial charge on any atom is -0.355 e. The Balaban J connectivity index is 1.61. The zero-order valence-corrected chi connectivity index (χ0v) is 15.5. The average molecular weight is 367 g/mol. The fraction of sp³-hybridized carbons (Fsp3) is 0.556. The van der Waals surface area contributed by atoms with Crippen molar-refractivity contribution in [3.63, 3.8) is 0 Å². The molecule has 0 aliphatic carbocycles. The van der Waals surface area contributed by atoms with Crippen molar-refractivity contribution in [3.8, 4) is 0 Å². The molecule has 2 amide bonds. The van der Waals surface area contributed by atoms with Gasteiger partial charge in [0.25, 0.3) is 0 Å². The molecule has 138 valence electrons. The largest absolute Gasteiger partial charge is 0.355 e. The number of carbonyl (C=O) groups is 2. The zero-order valence-electron chi connectivity index (χ0n) is 14.8. The third-order valence-electron chi connectivity index (χ3n) is 4.30. The lowest BCUT2D eigenvalue weighted by molar-refractivity contribution is -0.122. The normalized spacial score (nSPS) is 15.8. The Kier molecular flexibility index (Phi) is 8.18. The monoisotopic (exact) mass is 366 g/mol. The third-order valence-corrected chi connectivity index (χ3v) is 4.66. The number of amides is 2. The van der Waals surface area contributed by atoms with Crippen LogP contribution in [0.1, 0.15) is 18.9 Å². The van der Waals surface area contributed by atoms with Crippen LogP contribution in [0, 0.1) is 0 Å². The van der Waals surface area contributed by atoms with Crippen LogP contribution in [0.2, 0.25) is 5.02 Å². The summed E-state index contributed by atoms with van der Waals surface area (Å²) in [5, 5.41) is 6.41. The minimum absolute atomic E-state index is 0.0321. The molecule has 0 saturated carbocycles. The summed E-state index contributed by atoms with van der Waals surface area (Å²) < 4.78 is 0. The molecule has 0 atom stereocenters. The van der Waals surface area contributed by atoms with Gasteiger partial charge in [-0.15, -0.1) is 0 Å². The number of hydrogen-bond donors (Lipinski definition) is 2. The molecule has 6 nitrogen and oxygen atoms in total. The fourth-order valence-corrected chi connectivity index (χ4v) is 3.01. The van der Waals surface area contributed by atoms with Crippen LogP contribution < -0.4 is 10.6 Å². The van der Waals surface area contributed by atoms with E-state index in [0.29, 0.717) is 31.1 Å². The summed E-state index contributed by atoms with van der Waals surface area (Å²) in [5.41, 5.74) is 0.927. The van der Waals surface area contributed by atoms with Gasteiger partial charge in [-0.05, 0) is 18.6 Å². The second kappa shape index (κ2) is 10.4. The molecule has 0 spiro atoms. The number of nitrogens with zero attached hydrogens (tertiary/aromatic N) is 2. The first-order valence-corrected chi connectivity index (χ1v) is 9.17. The van der Waals surface area contributed by atoms with Crippen molar-refractivity contribution >= 4 is 23.4 Å². The highest BCUT2D eigenvalue weighted by molar-refractivity contribution is 6.31. The quantitative estimate of drug-likeness (QED) is 0.723. The molecule has 1 aliphatic rings. The summed E-state index contributed by atoms with van der Waals surface area (Å²) in [7, 11) is 0. The van der Waals surface area contributed by atoms with E-state index in [1.54, 1.807) is 0 Å². The third kappa shape index (κ3) is 7.02. The molecule has 2 rings (SSSR count). The van der Waals surface area contributed by atoms with Crippen LogP contribution in [0.15, 0.2) is 24.3 Å². The predicted octanol–water partition coefficient (Wildman–Crippen LogP) is 1.10. The molecule has 0 aromatic heterocycles. The van der Waals surface area contributed by atoms with Crippen molar-refractivity contribution in [2.75, 3.05) is 45.8 Å². The molecule has 1 aliphatic heterocycles. The molecule has 1 aromatic rings. The van der Waals surface area contributed by atoms with Crippen LogP contribution in [0.5, 0.6) is 0 Å². The molecule has 1 aromatic carbocycles. The van der Waals surface area contributed by atoms with Gasteiger partial charge in [0.15, 0.2) is 0 Å². The maximum Gasteiger partial charge on any atom is 0.234 e. The number of halogens is 1. The van der Waals surface area contributed by atoms with Crippen molar-refractivity contribution in [2.24, 2.45) is 0 Å². The Morgan fingerprint density at radius 1 is 1.04 bits per heavy atom. The van der Waals surface area contributed by atoms with Crippen molar-refractivity contribution in [3.05, 3.63) is 34.9 Å².